The van der Waals surface area contributed by atoms with Gasteiger partial charge in [0, 0.05) is 17.8 Å². The Morgan fingerprint density at radius 3 is 2.61 bits per heavy atom. The van der Waals surface area contributed by atoms with Crippen LogP contribution in [-0.2, 0) is 6.61 Å². The average molecular weight is 317 g/mol. The number of ether oxygens (including phenoxy) is 3. The molecule has 0 spiro atoms. The van der Waals surface area contributed by atoms with Crippen LogP contribution in [0, 0.1) is 0 Å². The SMILES string of the molecule is COc1cc(OC)c(COc2cccc(B(O)O)c2C=O)cn1. The third-order valence-electron chi connectivity index (χ3n) is 3.23. The first-order valence-corrected chi connectivity index (χ1v) is 6.74. The molecule has 0 atom stereocenters. The van der Waals surface area contributed by atoms with E-state index in [2.05, 4.69) is 4.98 Å². The highest BCUT2D eigenvalue weighted by molar-refractivity contribution is 6.60. The number of carbonyl (C=O) groups is 1. The van der Waals surface area contributed by atoms with Gasteiger partial charge in [-0.2, -0.15) is 0 Å². The van der Waals surface area contributed by atoms with E-state index in [1.807, 2.05) is 0 Å². The van der Waals surface area contributed by atoms with E-state index < -0.39 is 7.12 Å². The number of benzene rings is 1. The topological polar surface area (TPSA) is 98.1 Å². The first-order chi connectivity index (χ1) is 11.1. The van der Waals surface area contributed by atoms with Crippen LogP contribution in [0.15, 0.2) is 30.5 Å². The molecule has 0 fully saturated rings. The number of methoxy groups -OCH3 is 2. The van der Waals surface area contributed by atoms with Crippen LogP contribution in [0.2, 0.25) is 0 Å². The molecule has 0 unspecified atom stereocenters. The molecule has 2 N–H and O–H groups in total. The van der Waals surface area contributed by atoms with Crippen molar-refractivity contribution in [3.05, 3.63) is 41.6 Å². The maximum atomic E-state index is 11.2. The van der Waals surface area contributed by atoms with Gasteiger partial charge in [-0.25, -0.2) is 4.98 Å². The highest BCUT2D eigenvalue weighted by Crippen LogP contribution is 2.24. The van der Waals surface area contributed by atoms with Crippen molar-refractivity contribution in [3.63, 3.8) is 0 Å². The van der Waals surface area contributed by atoms with E-state index in [0.717, 1.165) is 0 Å². The van der Waals surface area contributed by atoms with Crippen LogP contribution in [0.5, 0.6) is 17.4 Å². The Bertz CT molecular complexity index is 692. The second-order valence-corrected chi connectivity index (χ2v) is 4.58. The summed E-state index contributed by atoms with van der Waals surface area (Å²) in [5.41, 5.74) is 0.820. The molecule has 0 aliphatic carbocycles. The first kappa shape index (κ1) is 16.8. The molecule has 0 bridgehead atoms. The fraction of sp³-hybridized carbons (Fsp3) is 0.200. The molecule has 1 aromatic heterocycles. The van der Waals surface area contributed by atoms with E-state index in [4.69, 9.17) is 14.2 Å². The minimum atomic E-state index is -1.75. The van der Waals surface area contributed by atoms with Gasteiger partial charge >= 0.3 is 7.12 Å². The number of rotatable bonds is 7. The molecule has 7 nitrogen and oxygen atoms in total. The molecule has 120 valence electrons. The lowest BCUT2D eigenvalue weighted by Crippen LogP contribution is -2.33. The van der Waals surface area contributed by atoms with Gasteiger partial charge in [-0.05, 0) is 11.5 Å². The van der Waals surface area contributed by atoms with Crippen molar-refractivity contribution in [2.45, 2.75) is 6.61 Å². The number of aromatic nitrogens is 1. The second kappa shape index (κ2) is 7.62. The van der Waals surface area contributed by atoms with Gasteiger partial charge in [-0.15, -0.1) is 0 Å². The van der Waals surface area contributed by atoms with Crippen molar-refractivity contribution in [1.82, 2.24) is 4.98 Å². The number of carbonyl (C=O) groups excluding carboxylic acids is 1. The van der Waals surface area contributed by atoms with Crippen molar-refractivity contribution >= 4 is 18.9 Å². The van der Waals surface area contributed by atoms with Gasteiger partial charge in [0.2, 0.25) is 5.88 Å². The van der Waals surface area contributed by atoms with Gasteiger partial charge in [0.05, 0.1) is 19.8 Å². The van der Waals surface area contributed by atoms with E-state index >= 15 is 0 Å². The molecule has 0 aliphatic heterocycles. The van der Waals surface area contributed by atoms with E-state index in [1.54, 1.807) is 24.4 Å². The van der Waals surface area contributed by atoms with E-state index in [1.165, 1.54) is 20.3 Å². The zero-order valence-electron chi connectivity index (χ0n) is 12.7. The minimum Gasteiger partial charge on any atom is -0.496 e. The molecule has 0 amide bonds. The van der Waals surface area contributed by atoms with Crippen LogP contribution >= 0.6 is 0 Å². The van der Waals surface area contributed by atoms with Gasteiger partial charge in [-0.3, -0.25) is 4.79 Å². The average Bonchev–Trinajstić information content (AvgIpc) is 2.59. The number of hydrogen-bond acceptors (Lipinski definition) is 7. The van der Waals surface area contributed by atoms with Gasteiger partial charge in [0.1, 0.15) is 18.1 Å². The molecular weight excluding hydrogens is 301 g/mol. The summed E-state index contributed by atoms with van der Waals surface area (Å²) in [5, 5.41) is 18.6. The molecule has 2 rings (SSSR count). The lowest BCUT2D eigenvalue weighted by Gasteiger charge is -2.13. The molecule has 0 saturated heterocycles. The highest BCUT2D eigenvalue weighted by atomic mass is 16.5. The summed E-state index contributed by atoms with van der Waals surface area (Å²) in [6.45, 7) is 0.0893. The van der Waals surface area contributed by atoms with Crippen LogP contribution in [0.25, 0.3) is 0 Å². The summed E-state index contributed by atoms with van der Waals surface area (Å²) in [5.74, 6) is 1.18. The third-order valence-corrected chi connectivity index (χ3v) is 3.23. The smallest absolute Gasteiger partial charge is 0.489 e. The summed E-state index contributed by atoms with van der Waals surface area (Å²) in [6, 6.07) is 6.20. The maximum Gasteiger partial charge on any atom is 0.489 e. The molecule has 1 aromatic carbocycles. The van der Waals surface area contributed by atoms with Gasteiger partial charge in [-0.1, -0.05) is 12.1 Å². The second-order valence-electron chi connectivity index (χ2n) is 4.58. The molecule has 8 heteroatoms. The summed E-state index contributed by atoms with van der Waals surface area (Å²) in [4.78, 5) is 15.3. The Labute approximate surface area is 133 Å². The Kier molecular flexibility index (Phi) is 5.56. The number of hydrogen-bond donors (Lipinski definition) is 2. The summed E-state index contributed by atoms with van der Waals surface area (Å²) >= 11 is 0. The largest absolute Gasteiger partial charge is 0.496 e. The van der Waals surface area contributed by atoms with Crippen molar-refractivity contribution < 1.29 is 29.1 Å². The number of nitrogens with zero attached hydrogens (tertiary/aromatic N) is 1. The van der Waals surface area contributed by atoms with Crippen LogP contribution in [0.3, 0.4) is 0 Å². The summed E-state index contributed by atoms with van der Waals surface area (Å²) < 4.78 is 15.9. The monoisotopic (exact) mass is 317 g/mol. The first-order valence-electron chi connectivity index (χ1n) is 6.74. The van der Waals surface area contributed by atoms with Gasteiger partial charge in [0.25, 0.3) is 0 Å². The van der Waals surface area contributed by atoms with Crippen LogP contribution in [0.4, 0.5) is 0 Å². The Morgan fingerprint density at radius 1 is 1.22 bits per heavy atom. The fourth-order valence-electron chi connectivity index (χ4n) is 2.05. The molecule has 23 heavy (non-hydrogen) atoms. The zero-order chi connectivity index (χ0) is 16.8. The molecule has 0 saturated carbocycles. The zero-order valence-corrected chi connectivity index (χ0v) is 12.7. The van der Waals surface area contributed by atoms with Crippen LogP contribution < -0.4 is 19.7 Å². The minimum absolute atomic E-state index is 0.0809. The van der Waals surface area contributed by atoms with Crippen LogP contribution in [0.1, 0.15) is 15.9 Å². The normalized spacial score (nSPS) is 10.1. The predicted octanol–water partition coefficient (Wildman–Crippen LogP) is 0.170. The highest BCUT2D eigenvalue weighted by Gasteiger charge is 2.19. The summed E-state index contributed by atoms with van der Waals surface area (Å²) in [7, 11) is 1.26. The van der Waals surface area contributed by atoms with Crippen LogP contribution in [-0.4, -0.2) is 42.7 Å². The summed E-state index contributed by atoms with van der Waals surface area (Å²) in [6.07, 6.45) is 2.07. The quantitative estimate of drug-likeness (QED) is 0.555. The van der Waals surface area contributed by atoms with E-state index in [0.29, 0.717) is 23.5 Å². The standard InChI is InChI=1S/C15H16BNO6/c1-21-14-6-15(22-2)17-7-10(14)9-23-13-5-3-4-12(16(19)20)11(13)8-18/h3-8,19-20H,9H2,1-2H3. The predicted molar refractivity (Wildman–Crippen MR) is 83.3 cm³/mol. The van der Waals surface area contributed by atoms with E-state index in [-0.39, 0.29) is 23.4 Å². The van der Waals surface area contributed by atoms with Crippen molar-refractivity contribution in [1.29, 1.82) is 0 Å². The number of pyridine rings is 1. The molecule has 1 heterocycles. The molecule has 0 radical (unpaired) electrons. The third kappa shape index (κ3) is 3.79. The van der Waals surface area contributed by atoms with Gasteiger partial charge < -0.3 is 24.3 Å². The molecule has 0 aliphatic rings. The fourth-order valence-corrected chi connectivity index (χ4v) is 2.05. The molecular formula is C15H16BNO6. The molecule has 2 aromatic rings. The van der Waals surface area contributed by atoms with Crippen molar-refractivity contribution in [2.75, 3.05) is 14.2 Å². The Hall–Kier alpha value is -2.58. The lowest BCUT2D eigenvalue weighted by atomic mass is 9.77. The van der Waals surface area contributed by atoms with Crippen molar-refractivity contribution in [2.24, 2.45) is 0 Å². The number of aldehydes is 1. The lowest BCUT2D eigenvalue weighted by molar-refractivity contribution is 0.111. The van der Waals surface area contributed by atoms with Gasteiger partial charge in [0.15, 0.2) is 6.29 Å². The Balaban J connectivity index is 2.24. The van der Waals surface area contributed by atoms with E-state index in [9.17, 15) is 14.8 Å². The Morgan fingerprint density at radius 2 is 2.00 bits per heavy atom. The maximum absolute atomic E-state index is 11.2. The van der Waals surface area contributed by atoms with Crippen molar-refractivity contribution in [3.8, 4) is 17.4 Å².